The molecule has 0 fully saturated rings. The van der Waals surface area contributed by atoms with Crippen LogP contribution in [0.25, 0.3) is 0 Å². The van der Waals surface area contributed by atoms with Crippen molar-refractivity contribution in [3.05, 3.63) is 33.4 Å². The van der Waals surface area contributed by atoms with Gasteiger partial charge in [0.25, 0.3) is 12.1 Å². The summed E-state index contributed by atoms with van der Waals surface area (Å²) in [4.78, 5) is 22.2. The lowest BCUT2D eigenvalue weighted by Crippen LogP contribution is -2.32. The van der Waals surface area contributed by atoms with E-state index in [0.29, 0.717) is 0 Å². The maximum atomic E-state index is 12.6. The van der Waals surface area contributed by atoms with E-state index >= 15 is 0 Å². The molecular weight excluding hydrogens is 290 g/mol. The van der Waals surface area contributed by atoms with Gasteiger partial charge < -0.3 is 15.1 Å². The first-order valence-corrected chi connectivity index (χ1v) is 5.94. The van der Waals surface area contributed by atoms with Gasteiger partial charge in [0.2, 0.25) is 0 Å². The number of aromatic carboxylic acids is 1. The minimum atomic E-state index is -2.73. The molecule has 0 radical (unpaired) electrons. The molecule has 0 saturated carbocycles. The molecule has 1 aromatic rings. The van der Waals surface area contributed by atoms with E-state index < -0.39 is 36.2 Å². The number of hydrogen-bond acceptors (Lipinski definition) is 5. The van der Waals surface area contributed by atoms with E-state index in [9.17, 15) is 23.7 Å². The summed E-state index contributed by atoms with van der Waals surface area (Å²) in [6.45, 7) is -0.0563. The molecule has 1 rings (SSSR count). The van der Waals surface area contributed by atoms with E-state index in [0.717, 1.165) is 17.0 Å². The van der Waals surface area contributed by atoms with Crippen molar-refractivity contribution in [2.75, 3.05) is 24.6 Å². The minimum Gasteiger partial charge on any atom is -0.478 e. The molecule has 21 heavy (non-hydrogen) atoms. The van der Waals surface area contributed by atoms with E-state index in [1.165, 1.54) is 6.92 Å². The first kappa shape index (κ1) is 16.8. The first-order chi connectivity index (χ1) is 9.77. The maximum absolute atomic E-state index is 12.6. The Balaban J connectivity index is 3.42. The molecule has 0 heterocycles. The van der Waals surface area contributed by atoms with Crippen LogP contribution in [0.15, 0.2) is 12.1 Å². The van der Waals surface area contributed by atoms with Gasteiger partial charge in [-0.05, 0) is 13.0 Å². The number of carboxylic acids is 1. The van der Waals surface area contributed by atoms with E-state index in [4.69, 9.17) is 10.2 Å². The molecule has 0 amide bonds. The van der Waals surface area contributed by atoms with Crippen LogP contribution in [0.5, 0.6) is 0 Å². The summed E-state index contributed by atoms with van der Waals surface area (Å²) in [5, 5.41) is 28.8. The smallest absolute Gasteiger partial charge is 0.336 e. The van der Waals surface area contributed by atoms with Crippen molar-refractivity contribution in [1.29, 1.82) is 0 Å². The summed E-state index contributed by atoms with van der Waals surface area (Å²) in [5.41, 5.74) is -0.781. The number of anilines is 1. The Bertz CT molecular complexity index is 551. The zero-order valence-electron chi connectivity index (χ0n) is 11.1. The normalized spacial score (nSPS) is 10.7. The van der Waals surface area contributed by atoms with Crippen molar-refractivity contribution >= 4 is 17.3 Å². The van der Waals surface area contributed by atoms with Gasteiger partial charge in [-0.3, -0.25) is 10.1 Å². The second-order valence-electron chi connectivity index (χ2n) is 4.26. The van der Waals surface area contributed by atoms with Crippen molar-refractivity contribution in [2.45, 2.75) is 13.3 Å². The SMILES string of the molecule is Cc1c(N(CCO)CC(F)F)cc(C(=O)O)cc1[N+](=O)[O-]. The summed E-state index contributed by atoms with van der Waals surface area (Å²) in [6, 6.07) is 1.96. The second kappa shape index (κ2) is 6.93. The Labute approximate surface area is 118 Å². The van der Waals surface area contributed by atoms with Gasteiger partial charge in [0.1, 0.15) is 0 Å². The maximum Gasteiger partial charge on any atom is 0.336 e. The van der Waals surface area contributed by atoms with E-state index in [1.54, 1.807) is 0 Å². The molecule has 9 heteroatoms. The average Bonchev–Trinajstić information content (AvgIpc) is 2.37. The number of halogens is 2. The third-order valence-electron chi connectivity index (χ3n) is 2.87. The highest BCUT2D eigenvalue weighted by molar-refractivity contribution is 5.90. The number of aliphatic hydroxyl groups is 1. The van der Waals surface area contributed by atoms with Crippen molar-refractivity contribution in [1.82, 2.24) is 0 Å². The molecule has 0 aliphatic heterocycles. The van der Waals surface area contributed by atoms with Crippen LogP contribution in [-0.2, 0) is 0 Å². The molecule has 0 aliphatic carbocycles. The van der Waals surface area contributed by atoms with Crippen LogP contribution in [0.1, 0.15) is 15.9 Å². The van der Waals surface area contributed by atoms with Crippen molar-refractivity contribution in [2.24, 2.45) is 0 Å². The summed E-state index contributed by atoms with van der Waals surface area (Å²) < 4.78 is 25.1. The monoisotopic (exact) mass is 304 g/mol. The number of hydrogen-bond donors (Lipinski definition) is 2. The zero-order chi connectivity index (χ0) is 16.2. The largest absolute Gasteiger partial charge is 0.478 e. The molecule has 0 atom stereocenters. The molecule has 2 N–H and O–H groups in total. The third-order valence-corrected chi connectivity index (χ3v) is 2.87. The molecule has 1 aromatic carbocycles. The predicted octanol–water partition coefficient (Wildman–Crippen LogP) is 1.67. The van der Waals surface area contributed by atoms with E-state index in [2.05, 4.69) is 0 Å². The van der Waals surface area contributed by atoms with Crippen molar-refractivity contribution in [3.8, 4) is 0 Å². The van der Waals surface area contributed by atoms with Gasteiger partial charge in [-0.1, -0.05) is 0 Å². The van der Waals surface area contributed by atoms with Gasteiger partial charge in [0.15, 0.2) is 0 Å². The summed E-state index contributed by atoms with van der Waals surface area (Å²) >= 11 is 0. The number of benzene rings is 1. The number of alkyl halides is 2. The number of rotatable bonds is 7. The number of carbonyl (C=O) groups is 1. The first-order valence-electron chi connectivity index (χ1n) is 5.94. The van der Waals surface area contributed by atoms with Crippen LogP contribution >= 0.6 is 0 Å². The molecule has 7 nitrogen and oxygen atoms in total. The van der Waals surface area contributed by atoms with Gasteiger partial charge in [-0.25, -0.2) is 13.6 Å². The Morgan fingerprint density at radius 2 is 2.10 bits per heavy atom. The van der Waals surface area contributed by atoms with Crippen LogP contribution in [0.4, 0.5) is 20.2 Å². The molecule has 0 bridgehead atoms. The van der Waals surface area contributed by atoms with Crippen LogP contribution in [0, 0.1) is 17.0 Å². The molecule has 116 valence electrons. The molecule has 0 spiro atoms. The van der Waals surface area contributed by atoms with Crippen LogP contribution in [0.3, 0.4) is 0 Å². The number of aliphatic hydroxyl groups excluding tert-OH is 1. The lowest BCUT2D eigenvalue weighted by atomic mass is 10.1. The lowest BCUT2D eigenvalue weighted by molar-refractivity contribution is -0.385. The minimum absolute atomic E-state index is 0.00375. The Hall–Kier alpha value is -2.29. The van der Waals surface area contributed by atoms with Gasteiger partial charge in [-0.2, -0.15) is 0 Å². The molecular formula is C12H14F2N2O5. The van der Waals surface area contributed by atoms with E-state index in [1.807, 2.05) is 0 Å². The molecule has 0 aliphatic rings. The van der Waals surface area contributed by atoms with Crippen LogP contribution in [-0.4, -0.2) is 47.2 Å². The number of nitro groups is 1. The molecule has 0 unspecified atom stereocenters. The van der Waals surface area contributed by atoms with Crippen LogP contribution < -0.4 is 4.90 Å². The highest BCUT2D eigenvalue weighted by Gasteiger charge is 2.23. The second-order valence-corrected chi connectivity index (χ2v) is 4.26. The number of nitrogens with zero attached hydrogens (tertiary/aromatic N) is 2. The fraction of sp³-hybridized carbons (Fsp3) is 0.417. The van der Waals surface area contributed by atoms with Gasteiger partial charge in [0.05, 0.1) is 29.2 Å². The zero-order valence-corrected chi connectivity index (χ0v) is 11.1. The van der Waals surface area contributed by atoms with Crippen LogP contribution in [0.2, 0.25) is 0 Å². The predicted molar refractivity (Wildman–Crippen MR) is 70.1 cm³/mol. The Morgan fingerprint density at radius 1 is 1.48 bits per heavy atom. The topological polar surface area (TPSA) is 104 Å². The Morgan fingerprint density at radius 3 is 2.52 bits per heavy atom. The fourth-order valence-corrected chi connectivity index (χ4v) is 1.92. The number of carboxylic acid groups (broad SMARTS) is 1. The van der Waals surface area contributed by atoms with Crippen molar-refractivity contribution in [3.63, 3.8) is 0 Å². The average molecular weight is 304 g/mol. The lowest BCUT2D eigenvalue weighted by Gasteiger charge is -2.25. The molecule has 0 aromatic heterocycles. The highest BCUT2D eigenvalue weighted by atomic mass is 19.3. The summed E-state index contributed by atoms with van der Waals surface area (Å²) in [7, 11) is 0. The summed E-state index contributed by atoms with van der Waals surface area (Å²) in [6.07, 6.45) is -2.73. The Kier molecular flexibility index (Phi) is 5.53. The quantitative estimate of drug-likeness (QED) is 0.586. The standard InChI is InChI=1S/C12H14F2N2O5/c1-7-9(15(2-3-17)6-11(13)14)4-8(12(18)19)5-10(7)16(20)21/h4-5,11,17H,2-3,6H2,1H3,(H,18,19). The van der Waals surface area contributed by atoms with E-state index in [-0.39, 0.29) is 23.4 Å². The number of nitro benzene ring substituents is 1. The van der Waals surface area contributed by atoms with Gasteiger partial charge in [-0.15, -0.1) is 0 Å². The summed E-state index contributed by atoms with van der Waals surface area (Å²) in [5.74, 6) is -1.40. The third kappa shape index (κ3) is 4.09. The van der Waals surface area contributed by atoms with Gasteiger partial charge in [0, 0.05) is 18.3 Å². The molecule has 0 saturated heterocycles. The highest BCUT2D eigenvalue weighted by Crippen LogP contribution is 2.31. The fourth-order valence-electron chi connectivity index (χ4n) is 1.92. The van der Waals surface area contributed by atoms with Crippen molar-refractivity contribution < 1.29 is 28.7 Å². The van der Waals surface area contributed by atoms with Gasteiger partial charge >= 0.3 is 5.97 Å².